The van der Waals surface area contributed by atoms with E-state index in [0.29, 0.717) is 13.1 Å². The highest BCUT2D eigenvalue weighted by Crippen LogP contribution is 2.21. The summed E-state index contributed by atoms with van der Waals surface area (Å²) in [5, 5.41) is 0. The van der Waals surface area contributed by atoms with Gasteiger partial charge in [-0.3, -0.25) is 24.0 Å². The normalized spacial score (nSPS) is 13.7. The molecule has 2 heterocycles. The summed E-state index contributed by atoms with van der Waals surface area (Å²) in [5.41, 5.74) is 7.51. The van der Waals surface area contributed by atoms with Crippen LogP contribution < -0.4 is 21.9 Å². The topological polar surface area (TPSA) is 114 Å². The molecule has 3 rings (SSSR count). The van der Waals surface area contributed by atoms with E-state index in [9.17, 15) is 14.4 Å². The third-order valence-corrected chi connectivity index (χ3v) is 5.61. The van der Waals surface area contributed by atoms with Crippen molar-refractivity contribution >= 4 is 17.4 Å². The summed E-state index contributed by atoms with van der Waals surface area (Å²) in [7, 11) is 1.53. The Bertz CT molecular complexity index is 1030. The van der Waals surface area contributed by atoms with Crippen LogP contribution in [0.5, 0.6) is 0 Å². The van der Waals surface area contributed by atoms with Gasteiger partial charge in [-0.25, -0.2) is 4.79 Å². The molecule has 0 bridgehead atoms. The van der Waals surface area contributed by atoms with E-state index in [1.165, 1.54) is 27.7 Å². The lowest BCUT2D eigenvalue weighted by molar-refractivity contribution is -0.120. The largest absolute Gasteiger partial charge is 0.383 e. The summed E-state index contributed by atoms with van der Waals surface area (Å²) in [6.07, 6.45) is 2.46. The molecule has 168 valence electrons. The molecule has 1 aromatic heterocycles. The minimum Gasteiger partial charge on any atom is -0.383 e. The Hall–Kier alpha value is -2.91. The Morgan fingerprint density at radius 1 is 1.26 bits per heavy atom. The maximum Gasteiger partial charge on any atom is 0.330 e. The van der Waals surface area contributed by atoms with Crippen LogP contribution in [0.15, 0.2) is 33.9 Å². The number of carbonyl (C=O) groups excluding carboxylic acids is 1. The van der Waals surface area contributed by atoms with Crippen LogP contribution in [0.25, 0.3) is 0 Å². The van der Waals surface area contributed by atoms with Gasteiger partial charge in [-0.2, -0.15) is 0 Å². The maximum absolute atomic E-state index is 13.3. The van der Waals surface area contributed by atoms with E-state index >= 15 is 0 Å². The van der Waals surface area contributed by atoms with Crippen LogP contribution in [0, 0.1) is 0 Å². The smallest absolute Gasteiger partial charge is 0.330 e. The molecular formula is C22H31N5O4. The lowest BCUT2D eigenvalue weighted by Crippen LogP contribution is -2.47. The van der Waals surface area contributed by atoms with E-state index < -0.39 is 11.2 Å². The van der Waals surface area contributed by atoms with Crippen LogP contribution in [-0.4, -0.2) is 53.7 Å². The summed E-state index contributed by atoms with van der Waals surface area (Å²) in [4.78, 5) is 43.9. The predicted molar refractivity (Wildman–Crippen MR) is 120 cm³/mol. The summed E-state index contributed by atoms with van der Waals surface area (Å²) < 4.78 is 6.47. The zero-order valence-electron chi connectivity index (χ0n) is 18.2. The van der Waals surface area contributed by atoms with E-state index in [2.05, 4.69) is 22.0 Å². The number of H-pyrrole nitrogens is 1. The fraction of sp³-hybridized carbons (Fsp3) is 0.500. The van der Waals surface area contributed by atoms with Crippen LogP contribution >= 0.6 is 0 Å². The van der Waals surface area contributed by atoms with Crippen molar-refractivity contribution in [3.8, 4) is 0 Å². The van der Waals surface area contributed by atoms with Crippen molar-refractivity contribution < 1.29 is 9.53 Å². The average molecular weight is 430 g/mol. The summed E-state index contributed by atoms with van der Waals surface area (Å²) in [6, 6.07) is 8.20. The Labute approximate surface area is 181 Å². The molecule has 3 N–H and O–H groups in total. The molecule has 0 aliphatic carbocycles. The number of hydrogen-bond donors (Lipinski definition) is 2. The number of anilines is 2. The molecule has 0 spiro atoms. The second-order valence-electron chi connectivity index (χ2n) is 7.77. The number of ether oxygens (including phenoxy) is 1. The lowest BCUT2D eigenvalue weighted by atomic mass is 10.00. The molecule has 9 heteroatoms. The summed E-state index contributed by atoms with van der Waals surface area (Å²) in [5.74, 6) is -0.245. The monoisotopic (exact) mass is 429 g/mol. The summed E-state index contributed by atoms with van der Waals surface area (Å²) >= 11 is 0. The Kier molecular flexibility index (Phi) is 7.64. The van der Waals surface area contributed by atoms with E-state index in [0.717, 1.165) is 25.8 Å². The number of rotatable bonds is 9. The number of amides is 1. The molecular weight excluding hydrogens is 398 g/mol. The van der Waals surface area contributed by atoms with E-state index in [1.807, 2.05) is 19.1 Å². The SMILES string of the molecule is CCCCn1c(N)c(N(CCOC)C(=O)CN2CCc3ccccc3C2)c(=O)[nH]c1=O. The number of benzene rings is 1. The number of nitrogen functional groups attached to an aromatic ring is 1. The predicted octanol–water partition coefficient (Wildman–Crippen LogP) is 0.957. The van der Waals surface area contributed by atoms with Gasteiger partial charge >= 0.3 is 5.69 Å². The van der Waals surface area contributed by atoms with Crippen molar-refractivity contribution in [1.29, 1.82) is 0 Å². The molecule has 1 amide bonds. The number of nitrogens with zero attached hydrogens (tertiary/aromatic N) is 3. The first-order chi connectivity index (χ1) is 15.0. The minimum atomic E-state index is -0.663. The highest BCUT2D eigenvalue weighted by atomic mass is 16.5. The molecule has 0 radical (unpaired) electrons. The number of nitrogens with one attached hydrogen (secondary N) is 1. The molecule has 0 unspecified atom stereocenters. The van der Waals surface area contributed by atoms with Gasteiger partial charge in [-0.05, 0) is 24.0 Å². The van der Waals surface area contributed by atoms with Crippen LogP contribution in [0.2, 0.25) is 0 Å². The molecule has 0 atom stereocenters. The number of aromatic amines is 1. The average Bonchev–Trinajstić information content (AvgIpc) is 2.75. The van der Waals surface area contributed by atoms with Crippen molar-refractivity contribution in [2.24, 2.45) is 0 Å². The molecule has 0 fully saturated rings. The summed E-state index contributed by atoms with van der Waals surface area (Å²) in [6.45, 7) is 4.34. The van der Waals surface area contributed by atoms with Gasteiger partial charge in [0.1, 0.15) is 5.82 Å². The fourth-order valence-electron chi connectivity index (χ4n) is 3.89. The highest BCUT2D eigenvalue weighted by Gasteiger charge is 2.26. The van der Waals surface area contributed by atoms with Gasteiger partial charge in [0, 0.05) is 33.3 Å². The zero-order valence-corrected chi connectivity index (χ0v) is 18.2. The second kappa shape index (κ2) is 10.4. The van der Waals surface area contributed by atoms with E-state index in [4.69, 9.17) is 10.5 Å². The molecule has 1 aromatic carbocycles. The molecule has 0 saturated heterocycles. The number of aromatic nitrogens is 2. The van der Waals surface area contributed by atoms with Crippen molar-refractivity contribution in [2.75, 3.05) is 44.0 Å². The van der Waals surface area contributed by atoms with Gasteiger partial charge in [-0.15, -0.1) is 0 Å². The Morgan fingerprint density at radius 2 is 2.00 bits per heavy atom. The quantitative estimate of drug-likeness (QED) is 0.614. The van der Waals surface area contributed by atoms with Gasteiger partial charge in [0.2, 0.25) is 5.91 Å². The van der Waals surface area contributed by atoms with Gasteiger partial charge in [0.05, 0.1) is 13.2 Å². The van der Waals surface area contributed by atoms with E-state index in [-0.39, 0.29) is 37.1 Å². The van der Waals surface area contributed by atoms with Crippen LogP contribution in [0.3, 0.4) is 0 Å². The van der Waals surface area contributed by atoms with Crippen LogP contribution in [-0.2, 0) is 29.0 Å². The van der Waals surface area contributed by atoms with Gasteiger partial charge in [-0.1, -0.05) is 37.6 Å². The standard InChI is InChI=1S/C22H31N5O4/c1-3-4-10-27-20(23)19(21(29)24-22(27)30)26(12-13-31-2)18(28)15-25-11-9-16-7-5-6-8-17(16)14-25/h5-8H,3-4,9-15,23H2,1-2H3,(H,24,29,30). The molecule has 2 aromatic rings. The third kappa shape index (κ3) is 5.23. The molecule has 1 aliphatic heterocycles. The van der Waals surface area contributed by atoms with Crippen molar-refractivity contribution in [2.45, 2.75) is 39.3 Å². The maximum atomic E-state index is 13.3. The number of carbonyl (C=O) groups is 1. The van der Waals surface area contributed by atoms with Gasteiger partial charge in [0.15, 0.2) is 5.69 Å². The van der Waals surface area contributed by atoms with Crippen LogP contribution in [0.1, 0.15) is 30.9 Å². The molecule has 9 nitrogen and oxygen atoms in total. The van der Waals surface area contributed by atoms with Gasteiger partial charge < -0.3 is 15.4 Å². The number of methoxy groups -OCH3 is 1. The van der Waals surface area contributed by atoms with Crippen molar-refractivity contribution in [3.05, 3.63) is 56.2 Å². The van der Waals surface area contributed by atoms with Crippen molar-refractivity contribution in [1.82, 2.24) is 14.5 Å². The first-order valence-electron chi connectivity index (χ1n) is 10.7. The molecule has 1 aliphatic rings. The lowest BCUT2D eigenvalue weighted by Gasteiger charge is -2.31. The first kappa shape index (κ1) is 22.8. The highest BCUT2D eigenvalue weighted by molar-refractivity contribution is 5.96. The van der Waals surface area contributed by atoms with E-state index in [1.54, 1.807) is 0 Å². The number of nitrogens with two attached hydrogens (primary N) is 1. The molecule has 0 saturated carbocycles. The number of hydrogen-bond acceptors (Lipinski definition) is 6. The second-order valence-corrected chi connectivity index (χ2v) is 7.77. The fourth-order valence-corrected chi connectivity index (χ4v) is 3.89. The van der Waals surface area contributed by atoms with Gasteiger partial charge in [0.25, 0.3) is 5.56 Å². The Balaban J connectivity index is 1.87. The molecule has 31 heavy (non-hydrogen) atoms. The first-order valence-corrected chi connectivity index (χ1v) is 10.7. The Morgan fingerprint density at radius 3 is 2.71 bits per heavy atom. The zero-order chi connectivity index (χ0) is 22.4. The van der Waals surface area contributed by atoms with Crippen molar-refractivity contribution in [3.63, 3.8) is 0 Å². The number of unbranched alkanes of at least 4 members (excludes halogenated alkanes) is 1. The van der Waals surface area contributed by atoms with Crippen LogP contribution in [0.4, 0.5) is 11.5 Å². The number of fused-ring (bicyclic) bond motifs is 1. The minimum absolute atomic E-state index is 0.00941. The third-order valence-electron chi connectivity index (χ3n) is 5.61.